The van der Waals surface area contributed by atoms with Crippen molar-refractivity contribution in [1.82, 2.24) is 9.97 Å². The molecule has 92 valence electrons. The summed E-state index contributed by atoms with van der Waals surface area (Å²) < 4.78 is 5.40. The number of carbonyl (C=O) groups is 1. The van der Waals surface area contributed by atoms with Gasteiger partial charge in [0.2, 0.25) is 0 Å². The summed E-state index contributed by atoms with van der Waals surface area (Å²) in [5.41, 5.74) is 0.513. The molecule has 0 aromatic carbocycles. The average molecular weight is 234 g/mol. The Hall–Kier alpha value is -1.45. The van der Waals surface area contributed by atoms with Gasteiger partial charge in [-0.2, -0.15) is 0 Å². The van der Waals surface area contributed by atoms with Crippen LogP contribution in [0.2, 0.25) is 0 Å². The normalized spacial score (nSPS) is 27.6. The largest absolute Gasteiger partial charge is 0.460 e. The third-order valence-corrected chi connectivity index (χ3v) is 3.00. The van der Waals surface area contributed by atoms with Gasteiger partial charge >= 0.3 is 5.97 Å². The first kappa shape index (κ1) is 12.0. The molecule has 4 heteroatoms. The molecule has 0 bridgehead atoms. The van der Waals surface area contributed by atoms with E-state index in [1.165, 1.54) is 6.33 Å². The summed E-state index contributed by atoms with van der Waals surface area (Å²) >= 11 is 0. The van der Waals surface area contributed by atoms with E-state index < -0.39 is 5.60 Å². The number of carbonyl (C=O) groups excluding carboxylic acids is 1. The van der Waals surface area contributed by atoms with Gasteiger partial charge in [-0.15, -0.1) is 0 Å². The highest BCUT2D eigenvalue weighted by Gasteiger charge is 2.54. The van der Waals surface area contributed by atoms with E-state index in [4.69, 9.17) is 4.74 Å². The summed E-state index contributed by atoms with van der Waals surface area (Å²) in [6, 6.07) is 1.87. The quantitative estimate of drug-likeness (QED) is 0.736. The Balaban J connectivity index is 2.04. The number of hydrogen-bond donors (Lipinski definition) is 0. The summed E-state index contributed by atoms with van der Waals surface area (Å²) in [5.74, 6) is 0.324. The lowest BCUT2D eigenvalue weighted by Gasteiger charge is -2.19. The summed E-state index contributed by atoms with van der Waals surface area (Å²) in [7, 11) is 0. The topological polar surface area (TPSA) is 52.1 Å². The number of rotatable bonds is 2. The van der Waals surface area contributed by atoms with E-state index in [1.54, 1.807) is 6.20 Å². The molecule has 0 N–H and O–H groups in total. The molecule has 1 aliphatic carbocycles. The summed E-state index contributed by atoms with van der Waals surface area (Å²) in [5, 5.41) is 0. The Morgan fingerprint density at radius 2 is 2.12 bits per heavy atom. The fourth-order valence-electron chi connectivity index (χ4n) is 2.15. The molecule has 3 atom stereocenters. The standard InChI is InChI=1S/C13H18N2O2/c1-8-10(9-5-6-14-7-15-9)11(8)12(16)17-13(2,3)4/h5-8,10-11H,1-4H3/t8-,10?,11+/m1/s1. The molecule has 4 nitrogen and oxygen atoms in total. The molecule has 1 unspecified atom stereocenters. The van der Waals surface area contributed by atoms with Crippen LogP contribution >= 0.6 is 0 Å². The molecule has 17 heavy (non-hydrogen) atoms. The highest BCUT2D eigenvalue weighted by atomic mass is 16.6. The molecule has 2 rings (SSSR count). The summed E-state index contributed by atoms with van der Waals surface area (Å²) in [6.07, 6.45) is 3.23. The van der Waals surface area contributed by atoms with Crippen molar-refractivity contribution in [3.8, 4) is 0 Å². The third-order valence-electron chi connectivity index (χ3n) is 3.00. The van der Waals surface area contributed by atoms with Gasteiger partial charge in [0.15, 0.2) is 0 Å². The average Bonchev–Trinajstić information content (AvgIpc) is 2.89. The SMILES string of the molecule is C[C@@H]1C(c2ccncn2)[C@H]1C(=O)OC(C)(C)C. The van der Waals surface area contributed by atoms with Gasteiger partial charge in [0, 0.05) is 17.8 Å². The van der Waals surface area contributed by atoms with Crippen LogP contribution in [0.25, 0.3) is 0 Å². The van der Waals surface area contributed by atoms with Crippen molar-refractivity contribution in [2.45, 2.75) is 39.2 Å². The molecular formula is C13H18N2O2. The maximum atomic E-state index is 11.9. The van der Waals surface area contributed by atoms with Crippen LogP contribution in [-0.4, -0.2) is 21.5 Å². The molecule has 0 aliphatic heterocycles. The van der Waals surface area contributed by atoms with Crippen LogP contribution in [-0.2, 0) is 9.53 Å². The smallest absolute Gasteiger partial charge is 0.310 e. The predicted octanol–water partition coefficient (Wildman–Crippen LogP) is 2.17. The molecular weight excluding hydrogens is 216 g/mol. The van der Waals surface area contributed by atoms with Crippen molar-refractivity contribution in [1.29, 1.82) is 0 Å². The van der Waals surface area contributed by atoms with Gasteiger partial charge in [-0.1, -0.05) is 6.92 Å². The van der Waals surface area contributed by atoms with Crippen LogP contribution < -0.4 is 0 Å². The highest BCUT2D eigenvalue weighted by molar-refractivity contribution is 5.78. The van der Waals surface area contributed by atoms with Crippen LogP contribution in [0.1, 0.15) is 39.3 Å². The number of nitrogens with zero attached hydrogens (tertiary/aromatic N) is 2. The second-order valence-corrected chi connectivity index (χ2v) is 5.58. The first-order chi connectivity index (χ1) is 7.90. The first-order valence-corrected chi connectivity index (χ1v) is 5.89. The maximum Gasteiger partial charge on any atom is 0.310 e. The fraction of sp³-hybridized carbons (Fsp3) is 0.615. The maximum absolute atomic E-state index is 11.9. The number of aromatic nitrogens is 2. The van der Waals surface area contributed by atoms with Gasteiger partial charge in [-0.05, 0) is 32.8 Å². The minimum atomic E-state index is -0.421. The molecule has 1 aromatic rings. The molecule has 1 saturated carbocycles. The van der Waals surface area contributed by atoms with Crippen molar-refractivity contribution >= 4 is 5.97 Å². The molecule has 1 aromatic heterocycles. The number of hydrogen-bond acceptors (Lipinski definition) is 4. The monoisotopic (exact) mass is 234 g/mol. The van der Waals surface area contributed by atoms with Gasteiger partial charge in [0.1, 0.15) is 11.9 Å². The predicted molar refractivity (Wildman–Crippen MR) is 63.3 cm³/mol. The minimum absolute atomic E-state index is 0.0517. The molecule has 0 spiro atoms. The van der Waals surface area contributed by atoms with E-state index in [0.29, 0.717) is 5.92 Å². The minimum Gasteiger partial charge on any atom is -0.460 e. The zero-order chi connectivity index (χ0) is 12.6. The van der Waals surface area contributed by atoms with Crippen molar-refractivity contribution in [3.05, 3.63) is 24.3 Å². The van der Waals surface area contributed by atoms with Crippen molar-refractivity contribution in [3.63, 3.8) is 0 Å². The number of ether oxygens (including phenoxy) is 1. The lowest BCUT2D eigenvalue weighted by atomic mass is 10.2. The lowest BCUT2D eigenvalue weighted by molar-refractivity contribution is -0.156. The molecule has 0 amide bonds. The van der Waals surface area contributed by atoms with E-state index in [9.17, 15) is 4.79 Å². The molecule has 1 heterocycles. The van der Waals surface area contributed by atoms with Crippen LogP contribution in [0, 0.1) is 11.8 Å². The van der Waals surface area contributed by atoms with Gasteiger partial charge in [0.05, 0.1) is 5.92 Å². The first-order valence-electron chi connectivity index (χ1n) is 5.89. The van der Waals surface area contributed by atoms with Crippen molar-refractivity contribution < 1.29 is 9.53 Å². The Morgan fingerprint density at radius 3 is 2.65 bits per heavy atom. The highest BCUT2D eigenvalue weighted by Crippen LogP contribution is 2.53. The second-order valence-electron chi connectivity index (χ2n) is 5.58. The van der Waals surface area contributed by atoms with Gasteiger partial charge in [-0.3, -0.25) is 4.79 Å². The fourth-order valence-corrected chi connectivity index (χ4v) is 2.15. The second kappa shape index (κ2) is 4.09. The molecule has 0 radical (unpaired) electrons. The Kier molecular flexibility index (Phi) is 2.89. The van der Waals surface area contributed by atoms with E-state index in [2.05, 4.69) is 16.9 Å². The van der Waals surface area contributed by atoms with Gasteiger partial charge in [0.25, 0.3) is 0 Å². The van der Waals surface area contributed by atoms with Crippen molar-refractivity contribution in [2.24, 2.45) is 11.8 Å². The van der Waals surface area contributed by atoms with Crippen LogP contribution in [0.3, 0.4) is 0 Å². The number of esters is 1. The Bertz CT molecular complexity index is 411. The van der Waals surface area contributed by atoms with Gasteiger partial charge < -0.3 is 4.74 Å². The van der Waals surface area contributed by atoms with Crippen molar-refractivity contribution in [2.75, 3.05) is 0 Å². The van der Waals surface area contributed by atoms with Crippen LogP contribution in [0.5, 0.6) is 0 Å². The van der Waals surface area contributed by atoms with Crippen LogP contribution in [0.4, 0.5) is 0 Å². The molecule has 0 saturated heterocycles. The van der Waals surface area contributed by atoms with Gasteiger partial charge in [-0.25, -0.2) is 9.97 Å². The zero-order valence-corrected chi connectivity index (χ0v) is 10.7. The van der Waals surface area contributed by atoms with E-state index in [-0.39, 0.29) is 17.8 Å². The lowest BCUT2D eigenvalue weighted by Crippen LogP contribution is -2.25. The Labute approximate surface area is 101 Å². The van der Waals surface area contributed by atoms with Crippen LogP contribution in [0.15, 0.2) is 18.6 Å². The molecule has 1 aliphatic rings. The van der Waals surface area contributed by atoms with E-state index >= 15 is 0 Å². The van der Waals surface area contributed by atoms with E-state index in [1.807, 2.05) is 26.8 Å². The Morgan fingerprint density at radius 1 is 1.41 bits per heavy atom. The molecule has 1 fully saturated rings. The zero-order valence-electron chi connectivity index (χ0n) is 10.7. The summed E-state index contributed by atoms with van der Waals surface area (Å²) in [6.45, 7) is 7.72. The van der Waals surface area contributed by atoms with E-state index in [0.717, 1.165) is 5.69 Å². The summed E-state index contributed by atoms with van der Waals surface area (Å²) in [4.78, 5) is 20.0. The third kappa shape index (κ3) is 2.62.